The molecule has 3 aromatic rings. The molecule has 0 bridgehead atoms. The zero-order valence-corrected chi connectivity index (χ0v) is 17.2. The SMILES string of the molecule is Cc1c(CC(=O)NCCC(=O)O)c2cc(O)ccc2n1C(=O)c1ccc(Br)cc1. The van der Waals surface area contributed by atoms with Crippen LogP contribution in [0, 0.1) is 6.92 Å². The highest BCUT2D eigenvalue weighted by Gasteiger charge is 2.21. The number of rotatable bonds is 6. The molecule has 7 nitrogen and oxygen atoms in total. The summed E-state index contributed by atoms with van der Waals surface area (Å²) in [5.74, 6) is -1.57. The fourth-order valence-electron chi connectivity index (χ4n) is 3.21. The van der Waals surface area contributed by atoms with E-state index in [-0.39, 0.29) is 37.0 Å². The standard InChI is InChI=1S/C21H19BrN2O5/c1-12-16(11-19(26)23-9-8-20(27)28)17-10-15(25)6-7-18(17)24(12)21(29)13-2-4-14(22)5-3-13/h2-7,10,25H,8-9,11H2,1H3,(H,23,26)(H,27,28). The lowest BCUT2D eigenvalue weighted by molar-refractivity contribution is -0.136. The normalized spacial score (nSPS) is 10.8. The topological polar surface area (TPSA) is 109 Å². The van der Waals surface area contributed by atoms with E-state index in [0.29, 0.717) is 27.7 Å². The molecule has 0 aliphatic carbocycles. The summed E-state index contributed by atoms with van der Waals surface area (Å²) in [5, 5.41) is 21.8. The van der Waals surface area contributed by atoms with Gasteiger partial charge in [-0.25, -0.2) is 0 Å². The van der Waals surface area contributed by atoms with E-state index in [4.69, 9.17) is 5.11 Å². The van der Waals surface area contributed by atoms with Gasteiger partial charge in [-0.2, -0.15) is 0 Å². The third-order valence-corrected chi connectivity index (χ3v) is 5.14. The minimum Gasteiger partial charge on any atom is -0.508 e. The van der Waals surface area contributed by atoms with Crippen molar-refractivity contribution in [3.8, 4) is 5.75 Å². The second kappa shape index (κ2) is 8.48. The number of hydrogen-bond donors (Lipinski definition) is 3. The van der Waals surface area contributed by atoms with Crippen LogP contribution in [0.2, 0.25) is 0 Å². The molecule has 1 heterocycles. The summed E-state index contributed by atoms with van der Waals surface area (Å²) in [6.45, 7) is 1.77. The average molecular weight is 459 g/mol. The summed E-state index contributed by atoms with van der Waals surface area (Å²) in [6, 6.07) is 11.6. The van der Waals surface area contributed by atoms with Crippen LogP contribution in [0.5, 0.6) is 5.75 Å². The first-order chi connectivity index (χ1) is 13.8. The first kappa shape index (κ1) is 20.6. The third kappa shape index (κ3) is 4.48. The monoisotopic (exact) mass is 458 g/mol. The minimum absolute atomic E-state index is 0.0227. The maximum Gasteiger partial charge on any atom is 0.305 e. The molecule has 3 rings (SSSR count). The Morgan fingerprint density at radius 3 is 2.45 bits per heavy atom. The fourth-order valence-corrected chi connectivity index (χ4v) is 3.47. The number of amides is 1. The molecule has 0 saturated carbocycles. The molecular formula is C21H19BrN2O5. The molecule has 150 valence electrons. The zero-order valence-electron chi connectivity index (χ0n) is 15.6. The number of carboxylic acids is 1. The molecule has 0 spiro atoms. The van der Waals surface area contributed by atoms with Crippen LogP contribution in [-0.4, -0.2) is 39.1 Å². The first-order valence-corrected chi connectivity index (χ1v) is 9.69. The third-order valence-electron chi connectivity index (χ3n) is 4.61. The summed E-state index contributed by atoms with van der Waals surface area (Å²) in [5.41, 5.74) is 2.27. The molecule has 0 fully saturated rings. The quantitative estimate of drug-likeness (QED) is 0.525. The van der Waals surface area contributed by atoms with E-state index in [9.17, 15) is 19.5 Å². The molecule has 29 heavy (non-hydrogen) atoms. The average Bonchev–Trinajstić information content (AvgIpc) is 2.93. The maximum atomic E-state index is 13.1. The molecule has 0 aliphatic heterocycles. The number of nitrogens with zero attached hydrogens (tertiary/aromatic N) is 1. The van der Waals surface area contributed by atoms with Gasteiger partial charge in [0.2, 0.25) is 5.91 Å². The van der Waals surface area contributed by atoms with Crippen molar-refractivity contribution >= 4 is 44.6 Å². The molecule has 0 saturated heterocycles. The van der Waals surface area contributed by atoms with Crippen molar-refractivity contribution in [2.24, 2.45) is 0 Å². The number of fused-ring (bicyclic) bond motifs is 1. The maximum absolute atomic E-state index is 13.1. The van der Waals surface area contributed by atoms with Gasteiger partial charge in [-0.1, -0.05) is 15.9 Å². The van der Waals surface area contributed by atoms with Crippen molar-refractivity contribution in [2.45, 2.75) is 19.8 Å². The van der Waals surface area contributed by atoms with Gasteiger partial charge in [-0.3, -0.25) is 19.0 Å². The predicted octanol–water partition coefficient (Wildman–Crippen LogP) is 3.24. The van der Waals surface area contributed by atoms with Crippen molar-refractivity contribution in [3.05, 3.63) is 63.8 Å². The molecule has 2 aromatic carbocycles. The van der Waals surface area contributed by atoms with Gasteiger partial charge in [0, 0.05) is 27.7 Å². The van der Waals surface area contributed by atoms with Crippen LogP contribution >= 0.6 is 15.9 Å². The van der Waals surface area contributed by atoms with Crippen molar-refractivity contribution in [1.29, 1.82) is 0 Å². The summed E-state index contributed by atoms with van der Waals surface area (Å²) in [7, 11) is 0. The molecule has 0 unspecified atom stereocenters. The van der Waals surface area contributed by atoms with E-state index in [2.05, 4.69) is 21.2 Å². The van der Waals surface area contributed by atoms with E-state index in [0.717, 1.165) is 4.47 Å². The Morgan fingerprint density at radius 2 is 1.79 bits per heavy atom. The Hall–Kier alpha value is -3.13. The highest BCUT2D eigenvalue weighted by Crippen LogP contribution is 2.30. The highest BCUT2D eigenvalue weighted by molar-refractivity contribution is 9.10. The molecular weight excluding hydrogens is 440 g/mol. The lowest BCUT2D eigenvalue weighted by atomic mass is 10.1. The number of hydrogen-bond acceptors (Lipinski definition) is 4. The summed E-state index contributed by atoms with van der Waals surface area (Å²) in [6.07, 6.45) is -0.207. The van der Waals surface area contributed by atoms with Crippen LogP contribution in [0.1, 0.15) is 28.0 Å². The number of halogens is 1. The van der Waals surface area contributed by atoms with Gasteiger partial charge in [0.1, 0.15) is 5.75 Å². The summed E-state index contributed by atoms with van der Waals surface area (Å²) < 4.78 is 2.38. The fraction of sp³-hybridized carbons (Fsp3) is 0.190. The Labute approximate surface area is 175 Å². The van der Waals surface area contributed by atoms with Crippen LogP contribution in [0.4, 0.5) is 0 Å². The van der Waals surface area contributed by atoms with Gasteiger partial charge in [0.15, 0.2) is 0 Å². The number of phenols is 1. The van der Waals surface area contributed by atoms with E-state index < -0.39 is 5.97 Å². The lowest BCUT2D eigenvalue weighted by Gasteiger charge is -2.08. The van der Waals surface area contributed by atoms with Crippen LogP contribution in [-0.2, 0) is 16.0 Å². The van der Waals surface area contributed by atoms with Crippen molar-refractivity contribution < 1.29 is 24.6 Å². The molecule has 3 N–H and O–H groups in total. The molecule has 1 aromatic heterocycles. The van der Waals surface area contributed by atoms with E-state index in [1.165, 1.54) is 16.7 Å². The second-order valence-electron chi connectivity index (χ2n) is 6.58. The number of carbonyl (C=O) groups excluding carboxylic acids is 2. The first-order valence-electron chi connectivity index (χ1n) is 8.89. The number of phenolic OH excluding ortho intramolecular Hbond substituents is 1. The van der Waals surface area contributed by atoms with Crippen LogP contribution in [0.3, 0.4) is 0 Å². The predicted molar refractivity (Wildman–Crippen MR) is 111 cm³/mol. The van der Waals surface area contributed by atoms with Gasteiger partial charge in [-0.15, -0.1) is 0 Å². The Bertz CT molecular complexity index is 1100. The number of aromatic hydroxyl groups is 1. The van der Waals surface area contributed by atoms with E-state index >= 15 is 0 Å². The molecule has 8 heteroatoms. The molecule has 1 amide bonds. The number of aliphatic carboxylic acids is 1. The largest absolute Gasteiger partial charge is 0.508 e. The minimum atomic E-state index is -0.997. The molecule has 0 atom stereocenters. The number of benzene rings is 2. The lowest BCUT2D eigenvalue weighted by Crippen LogP contribution is -2.27. The van der Waals surface area contributed by atoms with Crippen LogP contribution in [0.15, 0.2) is 46.9 Å². The second-order valence-corrected chi connectivity index (χ2v) is 7.50. The van der Waals surface area contributed by atoms with Crippen molar-refractivity contribution in [2.75, 3.05) is 6.54 Å². The Morgan fingerprint density at radius 1 is 1.10 bits per heavy atom. The van der Waals surface area contributed by atoms with Gasteiger partial charge < -0.3 is 15.5 Å². The van der Waals surface area contributed by atoms with Crippen molar-refractivity contribution in [3.63, 3.8) is 0 Å². The molecule has 0 radical (unpaired) electrons. The van der Waals surface area contributed by atoms with Crippen molar-refractivity contribution in [1.82, 2.24) is 9.88 Å². The van der Waals surface area contributed by atoms with E-state index in [1.807, 2.05) is 0 Å². The van der Waals surface area contributed by atoms with Gasteiger partial charge >= 0.3 is 5.97 Å². The Balaban J connectivity index is 2.00. The number of aromatic nitrogens is 1. The van der Waals surface area contributed by atoms with Gasteiger partial charge in [0.05, 0.1) is 18.4 Å². The number of carboxylic acid groups (broad SMARTS) is 1. The van der Waals surface area contributed by atoms with E-state index in [1.54, 1.807) is 37.3 Å². The number of nitrogens with one attached hydrogen (secondary N) is 1. The summed E-state index contributed by atoms with van der Waals surface area (Å²) in [4.78, 5) is 36.1. The number of carbonyl (C=O) groups is 3. The smallest absolute Gasteiger partial charge is 0.305 e. The summed E-state index contributed by atoms with van der Waals surface area (Å²) >= 11 is 3.35. The van der Waals surface area contributed by atoms with Gasteiger partial charge in [-0.05, 0) is 55.0 Å². The van der Waals surface area contributed by atoms with Gasteiger partial charge in [0.25, 0.3) is 5.91 Å². The zero-order chi connectivity index (χ0) is 21.1. The molecule has 0 aliphatic rings. The Kier molecular flexibility index (Phi) is 6.03. The van der Waals surface area contributed by atoms with Crippen LogP contribution in [0.25, 0.3) is 10.9 Å². The highest BCUT2D eigenvalue weighted by atomic mass is 79.9. The van der Waals surface area contributed by atoms with Crippen LogP contribution < -0.4 is 5.32 Å².